The Labute approximate surface area is 133 Å². The van der Waals surface area contributed by atoms with E-state index in [2.05, 4.69) is 0 Å². The Hall–Kier alpha value is -1.99. The molecular formula is C15H18N2O4S. The third-order valence-corrected chi connectivity index (χ3v) is 3.93. The molecule has 0 aromatic heterocycles. The highest BCUT2D eigenvalue weighted by Gasteiger charge is 2.35. The minimum atomic E-state index is -0.298. The number of ether oxygens (including phenoxy) is 2. The lowest BCUT2D eigenvalue weighted by Crippen LogP contribution is -2.36. The van der Waals surface area contributed by atoms with E-state index in [1.807, 2.05) is 0 Å². The zero-order chi connectivity index (χ0) is 16.3. The van der Waals surface area contributed by atoms with Crippen molar-refractivity contribution in [2.45, 2.75) is 0 Å². The predicted molar refractivity (Wildman–Crippen MR) is 85.9 cm³/mol. The van der Waals surface area contributed by atoms with Crippen LogP contribution in [0, 0.1) is 0 Å². The van der Waals surface area contributed by atoms with E-state index in [1.165, 1.54) is 4.90 Å². The molecule has 2 rings (SSSR count). The van der Waals surface area contributed by atoms with Crippen LogP contribution in [0.1, 0.15) is 5.56 Å². The maximum absolute atomic E-state index is 12.3. The molecule has 1 heterocycles. The fourth-order valence-electron chi connectivity index (χ4n) is 2.00. The fourth-order valence-corrected chi connectivity index (χ4v) is 2.82. The highest BCUT2D eigenvalue weighted by molar-refractivity contribution is 8.18. The summed E-state index contributed by atoms with van der Waals surface area (Å²) < 4.78 is 10.5. The van der Waals surface area contributed by atoms with Crippen molar-refractivity contribution < 1.29 is 19.1 Å². The molecule has 22 heavy (non-hydrogen) atoms. The number of nitrogens with zero attached hydrogens (tertiary/aromatic N) is 2. The number of carbonyl (C=O) groups is 2. The van der Waals surface area contributed by atoms with Crippen molar-refractivity contribution >= 4 is 29.0 Å². The molecular weight excluding hydrogens is 304 g/mol. The summed E-state index contributed by atoms with van der Waals surface area (Å²) in [5.41, 5.74) is 0.692. The standard InChI is InChI=1S/C15H18N2O4S/c1-16(2)9-17-14(18)13(22-15(17)19)8-10-7-11(20-3)5-6-12(10)21-4/h5-8H,9H2,1-4H3/b13-8-. The first-order valence-corrected chi connectivity index (χ1v) is 7.40. The second kappa shape index (κ2) is 6.85. The maximum Gasteiger partial charge on any atom is 0.294 e. The summed E-state index contributed by atoms with van der Waals surface area (Å²) in [6, 6.07) is 5.29. The quantitative estimate of drug-likeness (QED) is 0.775. The predicted octanol–water partition coefficient (Wildman–Crippen LogP) is 2.26. The van der Waals surface area contributed by atoms with Gasteiger partial charge in [0.2, 0.25) is 0 Å². The van der Waals surface area contributed by atoms with E-state index in [1.54, 1.807) is 57.5 Å². The summed E-state index contributed by atoms with van der Waals surface area (Å²) in [4.78, 5) is 27.6. The molecule has 0 unspecified atom stereocenters. The highest BCUT2D eigenvalue weighted by Crippen LogP contribution is 2.34. The van der Waals surface area contributed by atoms with Gasteiger partial charge in [-0.05, 0) is 50.1 Å². The molecule has 1 fully saturated rings. The van der Waals surface area contributed by atoms with Crippen LogP contribution in [0.25, 0.3) is 6.08 Å². The first kappa shape index (κ1) is 16.4. The molecule has 0 spiro atoms. The van der Waals surface area contributed by atoms with Gasteiger partial charge in [0.15, 0.2) is 0 Å². The minimum absolute atomic E-state index is 0.261. The summed E-state index contributed by atoms with van der Waals surface area (Å²) in [7, 11) is 6.73. The van der Waals surface area contributed by atoms with E-state index >= 15 is 0 Å². The van der Waals surface area contributed by atoms with Gasteiger partial charge >= 0.3 is 0 Å². The summed E-state index contributed by atoms with van der Waals surface area (Å²) in [6.07, 6.45) is 1.65. The second-order valence-electron chi connectivity index (χ2n) is 4.94. The summed E-state index contributed by atoms with van der Waals surface area (Å²) in [6.45, 7) is 0.261. The largest absolute Gasteiger partial charge is 0.497 e. The summed E-state index contributed by atoms with van der Waals surface area (Å²) in [5.74, 6) is 0.966. The van der Waals surface area contributed by atoms with E-state index in [-0.39, 0.29) is 17.8 Å². The fraction of sp³-hybridized carbons (Fsp3) is 0.333. The molecule has 0 saturated carbocycles. The Balaban J connectivity index is 2.34. The molecule has 2 amide bonds. The summed E-state index contributed by atoms with van der Waals surface area (Å²) >= 11 is 0.927. The van der Waals surface area contributed by atoms with Crippen molar-refractivity contribution in [3.8, 4) is 11.5 Å². The molecule has 1 saturated heterocycles. The van der Waals surface area contributed by atoms with Gasteiger partial charge in [-0.1, -0.05) is 0 Å². The van der Waals surface area contributed by atoms with E-state index in [0.29, 0.717) is 22.0 Å². The van der Waals surface area contributed by atoms with Gasteiger partial charge in [0.1, 0.15) is 11.5 Å². The lowest BCUT2D eigenvalue weighted by molar-refractivity contribution is -0.123. The number of rotatable bonds is 5. The van der Waals surface area contributed by atoms with Crippen LogP contribution in [-0.4, -0.2) is 55.9 Å². The third-order valence-electron chi connectivity index (χ3n) is 3.02. The van der Waals surface area contributed by atoms with Crippen LogP contribution in [0.3, 0.4) is 0 Å². The normalized spacial score (nSPS) is 16.8. The minimum Gasteiger partial charge on any atom is -0.497 e. The van der Waals surface area contributed by atoms with Crippen LogP contribution in [-0.2, 0) is 4.79 Å². The Morgan fingerprint density at radius 1 is 1.23 bits per heavy atom. The molecule has 6 nitrogen and oxygen atoms in total. The Morgan fingerprint density at radius 3 is 2.55 bits per heavy atom. The van der Waals surface area contributed by atoms with Gasteiger partial charge in [-0.3, -0.25) is 19.4 Å². The number of benzene rings is 1. The van der Waals surface area contributed by atoms with E-state index in [9.17, 15) is 9.59 Å². The van der Waals surface area contributed by atoms with Gasteiger partial charge in [0.05, 0.1) is 25.8 Å². The van der Waals surface area contributed by atoms with Gasteiger partial charge < -0.3 is 9.47 Å². The zero-order valence-electron chi connectivity index (χ0n) is 13.0. The molecule has 1 aliphatic rings. The third kappa shape index (κ3) is 3.42. The van der Waals surface area contributed by atoms with Crippen LogP contribution in [0.2, 0.25) is 0 Å². The topological polar surface area (TPSA) is 59.1 Å². The average Bonchev–Trinajstić information content (AvgIpc) is 2.74. The lowest BCUT2D eigenvalue weighted by Gasteiger charge is -2.17. The first-order chi connectivity index (χ1) is 10.5. The number of imide groups is 1. The van der Waals surface area contributed by atoms with Crippen molar-refractivity contribution in [3.63, 3.8) is 0 Å². The number of hydrogen-bond acceptors (Lipinski definition) is 6. The number of thioether (sulfide) groups is 1. The summed E-state index contributed by atoms with van der Waals surface area (Å²) in [5, 5.41) is -0.271. The van der Waals surface area contributed by atoms with Gasteiger partial charge in [0, 0.05) is 5.56 Å². The highest BCUT2D eigenvalue weighted by atomic mass is 32.2. The molecule has 1 aromatic carbocycles. The number of hydrogen-bond donors (Lipinski definition) is 0. The number of carbonyl (C=O) groups excluding carboxylic acids is 2. The Kier molecular flexibility index (Phi) is 5.10. The van der Waals surface area contributed by atoms with Crippen molar-refractivity contribution in [3.05, 3.63) is 28.7 Å². The monoisotopic (exact) mass is 322 g/mol. The zero-order valence-corrected chi connectivity index (χ0v) is 13.8. The van der Waals surface area contributed by atoms with Gasteiger partial charge in [0.25, 0.3) is 11.1 Å². The van der Waals surface area contributed by atoms with Crippen molar-refractivity contribution in [2.75, 3.05) is 35.0 Å². The Bertz CT molecular complexity index is 628. The molecule has 0 atom stereocenters. The average molecular weight is 322 g/mol. The van der Waals surface area contributed by atoms with E-state index in [4.69, 9.17) is 9.47 Å². The molecule has 0 bridgehead atoms. The van der Waals surface area contributed by atoms with Crippen LogP contribution < -0.4 is 9.47 Å². The van der Waals surface area contributed by atoms with Crippen molar-refractivity contribution in [1.29, 1.82) is 0 Å². The first-order valence-electron chi connectivity index (χ1n) is 6.58. The van der Waals surface area contributed by atoms with Gasteiger partial charge in [-0.25, -0.2) is 0 Å². The van der Waals surface area contributed by atoms with Crippen LogP contribution in [0.4, 0.5) is 4.79 Å². The van der Waals surface area contributed by atoms with Gasteiger partial charge in [-0.2, -0.15) is 0 Å². The number of methoxy groups -OCH3 is 2. The Morgan fingerprint density at radius 2 is 1.95 bits per heavy atom. The lowest BCUT2D eigenvalue weighted by atomic mass is 10.1. The van der Waals surface area contributed by atoms with Crippen LogP contribution in [0.5, 0.6) is 11.5 Å². The number of amides is 2. The second-order valence-corrected chi connectivity index (χ2v) is 5.93. The van der Waals surface area contributed by atoms with E-state index < -0.39 is 0 Å². The van der Waals surface area contributed by atoms with E-state index in [0.717, 1.165) is 11.8 Å². The SMILES string of the molecule is COc1ccc(OC)c(/C=C2\SC(=O)N(CN(C)C)C2=O)c1. The molecule has 0 aliphatic carbocycles. The molecule has 0 N–H and O–H groups in total. The molecule has 7 heteroatoms. The van der Waals surface area contributed by atoms with Crippen molar-refractivity contribution in [1.82, 2.24) is 9.80 Å². The maximum atomic E-state index is 12.3. The van der Waals surface area contributed by atoms with Crippen LogP contribution >= 0.6 is 11.8 Å². The molecule has 1 aromatic rings. The van der Waals surface area contributed by atoms with Crippen LogP contribution in [0.15, 0.2) is 23.1 Å². The van der Waals surface area contributed by atoms with Crippen molar-refractivity contribution in [2.24, 2.45) is 0 Å². The molecule has 1 aliphatic heterocycles. The smallest absolute Gasteiger partial charge is 0.294 e. The molecule has 0 radical (unpaired) electrons. The van der Waals surface area contributed by atoms with Gasteiger partial charge in [-0.15, -0.1) is 0 Å². The molecule has 118 valence electrons.